The first kappa shape index (κ1) is 15.9. The summed E-state index contributed by atoms with van der Waals surface area (Å²) in [5.41, 5.74) is 7.75. The van der Waals surface area contributed by atoms with Crippen molar-refractivity contribution in [3.63, 3.8) is 0 Å². The number of rotatable bonds is 7. The molecule has 2 aromatic rings. The van der Waals surface area contributed by atoms with Gasteiger partial charge < -0.3 is 10.3 Å². The van der Waals surface area contributed by atoms with E-state index in [0.29, 0.717) is 24.6 Å². The van der Waals surface area contributed by atoms with Crippen molar-refractivity contribution in [2.45, 2.75) is 57.4 Å². The van der Waals surface area contributed by atoms with Gasteiger partial charge in [0.15, 0.2) is 11.6 Å². The second kappa shape index (κ2) is 6.62. The van der Waals surface area contributed by atoms with Gasteiger partial charge in [0.05, 0.1) is 5.54 Å². The highest BCUT2D eigenvalue weighted by atomic mass is 16.5. The number of carbonyl (C=O) groups excluding carboxylic acids is 1. The summed E-state index contributed by atoms with van der Waals surface area (Å²) in [5.74, 6) is 1.17. The van der Waals surface area contributed by atoms with Gasteiger partial charge in [-0.1, -0.05) is 42.8 Å². The second-order valence-electron chi connectivity index (χ2n) is 6.39. The van der Waals surface area contributed by atoms with Gasteiger partial charge in [0.25, 0.3) is 0 Å². The largest absolute Gasteiger partial charge is 0.339 e. The third-order valence-corrected chi connectivity index (χ3v) is 4.54. The number of aromatic nitrogens is 2. The van der Waals surface area contributed by atoms with E-state index in [1.807, 2.05) is 24.3 Å². The molecule has 1 aliphatic rings. The molecular weight excluding hydrogens is 290 g/mol. The molecule has 1 aliphatic carbocycles. The monoisotopic (exact) mass is 313 g/mol. The Balaban J connectivity index is 1.56. The molecule has 1 aromatic heterocycles. The number of aryl methyl sites for hydroxylation is 2. The molecule has 0 spiro atoms. The van der Waals surface area contributed by atoms with Crippen LogP contribution in [0.3, 0.4) is 0 Å². The van der Waals surface area contributed by atoms with Gasteiger partial charge in [-0.2, -0.15) is 4.98 Å². The maximum atomic E-state index is 12.2. The minimum absolute atomic E-state index is 0.0962. The van der Waals surface area contributed by atoms with E-state index in [-0.39, 0.29) is 5.78 Å². The van der Waals surface area contributed by atoms with Crippen LogP contribution in [0.25, 0.3) is 0 Å². The van der Waals surface area contributed by atoms with Crippen molar-refractivity contribution in [2.24, 2.45) is 5.73 Å². The molecule has 0 saturated heterocycles. The maximum absolute atomic E-state index is 12.2. The normalized spacial score (nSPS) is 16.1. The van der Waals surface area contributed by atoms with E-state index in [2.05, 4.69) is 17.1 Å². The van der Waals surface area contributed by atoms with Gasteiger partial charge in [-0.3, -0.25) is 4.79 Å². The molecule has 5 heteroatoms. The van der Waals surface area contributed by atoms with Crippen molar-refractivity contribution < 1.29 is 9.32 Å². The van der Waals surface area contributed by atoms with Crippen LogP contribution < -0.4 is 5.73 Å². The zero-order valence-corrected chi connectivity index (χ0v) is 13.5. The molecule has 0 radical (unpaired) electrons. The average Bonchev–Trinajstić information content (AvgIpc) is 3.00. The summed E-state index contributed by atoms with van der Waals surface area (Å²) in [7, 11) is 0. The second-order valence-corrected chi connectivity index (χ2v) is 6.39. The third kappa shape index (κ3) is 3.50. The Labute approximate surface area is 136 Å². The lowest BCUT2D eigenvalue weighted by Crippen LogP contribution is -2.44. The maximum Gasteiger partial charge on any atom is 0.227 e. The molecule has 23 heavy (non-hydrogen) atoms. The van der Waals surface area contributed by atoms with Gasteiger partial charge in [0, 0.05) is 18.4 Å². The van der Waals surface area contributed by atoms with Crippen LogP contribution in [-0.2, 0) is 18.4 Å². The summed E-state index contributed by atoms with van der Waals surface area (Å²) in [6.45, 7) is 2.15. The van der Waals surface area contributed by atoms with Gasteiger partial charge in [0.1, 0.15) is 0 Å². The van der Waals surface area contributed by atoms with Crippen LogP contribution in [0.4, 0.5) is 0 Å². The zero-order valence-electron chi connectivity index (χ0n) is 13.5. The van der Waals surface area contributed by atoms with Gasteiger partial charge in [-0.15, -0.1) is 0 Å². The van der Waals surface area contributed by atoms with Crippen molar-refractivity contribution in [3.05, 3.63) is 47.1 Å². The Morgan fingerprint density at radius 1 is 1.26 bits per heavy atom. The van der Waals surface area contributed by atoms with Crippen molar-refractivity contribution >= 4 is 5.78 Å². The Morgan fingerprint density at radius 3 is 2.61 bits per heavy atom. The Hall–Kier alpha value is -2.01. The summed E-state index contributed by atoms with van der Waals surface area (Å²) >= 11 is 0. The van der Waals surface area contributed by atoms with Crippen LogP contribution >= 0.6 is 0 Å². The molecule has 122 valence electrons. The van der Waals surface area contributed by atoms with E-state index < -0.39 is 5.54 Å². The van der Waals surface area contributed by atoms with E-state index in [9.17, 15) is 4.79 Å². The molecular formula is C18H23N3O2. The molecule has 0 aliphatic heterocycles. The van der Waals surface area contributed by atoms with Crippen LogP contribution in [0.15, 0.2) is 28.8 Å². The molecule has 2 N–H and O–H groups in total. The molecule has 1 saturated carbocycles. The highest BCUT2D eigenvalue weighted by Crippen LogP contribution is 2.36. The number of carbonyl (C=O) groups is 1. The summed E-state index contributed by atoms with van der Waals surface area (Å²) in [6.07, 6.45) is 5.87. The van der Waals surface area contributed by atoms with Crippen molar-refractivity contribution in [3.8, 4) is 0 Å². The van der Waals surface area contributed by atoms with E-state index in [1.165, 1.54) is 5.56 Å². The number of ketones is 1. The van der Waals surface area contributed by atoms with Gasteiger partial charge in [-0.05, 0) is 31.2 Å². The topological polar surface area (TPSA) is 82.0 Å². The van der Waals surface area contributed by atoms with Crippen molar-refractivity contribution in [1.82, 2.24) is 10.1 Å². The summed E-state index contributed by atoms with van der Waals surface area (Å²) in [5, 5.41) is 3.97. The average molecular weight is 313 g/mol. The molecule has 0 atom stereocenters. The first-order valence-electron chi connectivity index (χ1n) is 8.35. The fourth-order valence-corrected chi connectivity index (χ4v) is 2.85. The molecule has 5 nitrogen and oxygen atoms in total. The minimum atomic E-state index is -0.416. The number of Topliss-reactive ketones (excluding diaryl/α,β-unsaturated/α-hetero) is 1. The predicted molar refractivity (Wildman–Crippen MR) is 87.1 cm³/mol. The van der Waals surface area contributed by atoms with Gasteiger partial charge in [-0.25, -0.2) is 0 Å². The number of nitrogens with zero attached hydrogens (tertiary/aromatic N) is 2. The fourth-order valence-electron chi connectivity index (χ4n) is 2.85. The smallest absolute Gasteiger partial charge is 0.227 e. The van der Waals surface area contributed by atoms with Crippen LogP contribution in [0.2, 0.25) is 0 Å². The molecule has 0 amide bonds. The quantitative estimate of drug-likeness (QED) is 0.794. The first-order valence-corrected chi connectivity index (χ1v) is 8.35. The van der Waals surface area contributed by atoms with Crippen molar-refractivity contribution in [2.75, 3.05) is 0 Å². The zero-order chi connectivity index (χ0) is 16.3. The third-order valence-electron chi connectivity index (χ3n) is 4.54. The lowest BCUT2D eigenvalue weighted by molar-refractivity contribution is 0.0979. The van der Waals surface area contributed by atoms with Crippen LogP contribution in [0.5, 0.6) is 0 Å². The van der Waals surface area contributed by atoms with E-state index >= 15 is 0 Å². The molecule has 0 bridgehead atoms. The fraction of sp³-hybridized carbons (Fsp3) is 0.500. The standard InChI is InChI=1S/C18H23N3O2/c1-2-4-13-5-7-14(8-6-13)15(22)9-10-16-20-17(21-23-16)18(19)11-3-12-18/h5-8H,2-4,9-12,19H2,1H3. The molecule has 3 rings (SSSR count). The number of nitrogens with two attached hydrogens (primary N) is 1. The van der Waals surface area contributed by atoms with Gasteiger partial charge >= 0.3 is 0 Å². The Kier molecular flexibility index (Phi) is 4.57. The number of benzene rings is 1. The highest BCUT2D eigenvalue weighted by Gasteiger charge is 2.38. The lowest BCUT2D eigenvalue weighted by atomic mass is 9.77. The molecule has 0 unspecified atom stereocenters. The summed E-state index contributed by atoms with van der Waals surface area (Å²) in [6, 6.07) is 7.85. The Morgan fingerprint density at radius 2 is 2.00 bits per heavy atom. The summed E-state index contributed by atoms with van der Waals surface area (Å²) in [4.78, 5) is 16.6. The lowest BCUT2D eigenvalue weighted by Gasteiger charge is -2.34. The van der Waals surface area contributed by atoms with Crippen LogP contribution in [0.1, 0.15) is 66.7 Å². The number of hydrogen-bond donors (Lipinski definition) is 1. The van der Waals surface area contributed by atoms with E-state index in [0.717, 1.165) is 37.7 Å². The molecule has 1 fully saturated rings. The number of hydrogen-bond acceptors (Lipinski definition) is 5. The Bertz CT molecular complexity index is 672. The molecule has 1 aromatic carbocycles. The highest BCUT2D eigenvalue weighted by molar-refractivity contribution is 5.96. The van der Waals surface area contributed by atoms with E-state index in [4.69, 9.17) is 10.3 Å². The van der Waals surface area contributed by atoms with Crippen LogP contribution in [0, 0.1) is 0 Å². The predicted octanol–water partition coefficient (Wildman–Crippen LogP) is 3.18. The summed E-state index contributed by atoms with van der Waals surface area (Å²) < 4.78 is 5.23. The van der Waals surface area contributed by atoms with Crippen molar-refractivity contribution in [1.29, 1.82) is 0 Å². The minimum Gasteiger partial charge on any atom is -0.339 e. The van der Waals surface area contributed by atoms with Crippen LogP contribution in [-0.4, -0.2) is 15.9 Å². The molecule has 1 heterocycles. The first-order chi connectivity index (χ1) is 11.1. The SMILES string of the molecule is CCCc1ccc(C(=O)CCc2nc(C3(N)CCC3)no2)cc1. The van der Waals surface area contributed by atoms with Gasteiger partial charge in [0.2, 0.25) is 5.89 Å². The van der Waals surface area contributed by atoms with E-state index in [1.54, 1.807) is 0 Å².